The summed E-state index contributed by atoms with van der Waals surface area (Å²) in [6.07, 6.45) is 58.2. The van der Waals surface area contributed by atoms with E-state index in [9.17, 15) is 43.2 Å². The van der Waals surface area contributed by atoms with Crippen LogP contribution in [0.15, 0.2) is 0 Å². The Kier molecular flexibility index (Phi) is 67.7. The highest BCUT2D eigenvalue weighted by atomic mass is 31.2. The summed E-state index contributed by atoms with van der Waals surface area (Å²) in [5, 5.41) is 10.6. The maximum Gasteiger partial charge on any atom is 0.472 e. The van der Waals surface area contributed by atoms with Crippen LogP contribution in [0.5, 0.6) is 0 Å². The second-order valence-electron chi connectivity index (χ2n) is 27.9. The molecule has 0 aromatic heterocycles. The van der Waals surface area contributed by atoms with Crippen LogP contribution in [0.1, 0.15) is 401 Å². The molecule has 564 valence electrons. The van der Waals surface area contributed by atoms with Crippen molar-refractivity contribution in [3.05, 3.63) is 0 Å². The molecule has 17 nitrogen and oxygen atoms in total. The number of aliphatic hydroxyl groups is 1. The maximum absolute atomic E-state index is 13.1. The molecular formula is C76H148O17P2. The summed E-state index contributed by atoms with van der Waals surface area (Å²) in [6.45, 7) is 7.28. The molecule has 0 radical (unpaired) electrons. The third-order valence-corrected chi connectivity index (χ3v) is 19.7. The Balaban J connectivity index is 5.22. The van der Waals surface area contributed by atoms with E-state index in [1.807, 2.05) is 0 Å². The highest BCUT2D eigenvalue weighted by Crippen LogP contribution is 2.45. The highest BCUT2D eigenvalue weighted by molar-refractivity contribution is 7.47. The topological polar surface area (TPSA) is 237 Å². The maximum atomic E-state index is 13.1. The fraction of sp³-hybridized carbons (Fsp3) is 0.947. The highest BCUT2D eigenvalue weighted by Gasteiger charge is 2.30. The third-order valence-electron chi connectivity index (χ3n) is 17.8. The molecule has 0 saturated carbocycles. The quantitative estimate of drug-likeness (QED) is 0.0222. The molecule has 3 N–H and O–H groups in total. The molecule has 2 unspecified atom stereocenters. The summed E-state index contributed by atoms with van der Waals surface area (Å²) < 4.78 is 68.5. The molecule has 0 aromatic rings. The Bertz CT molecular complexity index is 1820. The van der Waals surface area contributed by atoms with Gasteiger partial charge in [-0.3, -0.25) is 37.3 Å². The van der Waals surface area contributed by atoms with E-state index in [4.69, 9.17) is 37.0 Å². The van der Waals surface area contributed by atoms with Gasteiger partial charge >= 0.3 is 39.5 Å². The lowest BCUT2D eigenvalue weighted by atomic mass is 10.0. The van der Waals surface area contributed by atoms with Crippen molar-refractivity contribution >= 4 is 39.5 Å². The minimum atomic E-state index is -4.96. The number of rotatable bonds is 76. The number of phosphoric ester groups is 2. The fourth-order valence-corrected chi connectivity index (χ4v) is 13.3. The monoisotopic (exact) mass is 1400 g/mol. The van der Waals surface area contributed by atoms with E-state index in [2.05, 4.69) is 34.6 Å². The zero-order valence-electron chi connectivity index (χ0n) is 61.8. The summed E-state index contributed by atoms with van der Waals surface area (Å²) in [5.74, 6) is -1.35. The lowest BCUT2D eigenvalue weighted by Crippen LogP contribution is -2.30. The van der Waals surface area contributed by atoms with Crippen LogP contribution in [-0.4, -0.2) is 96.7 Å². The van der Waals surface area contributed by atoms with E-state index in [1.165, 1.54) is 225 Å². The molecular weight excluding hydrogens is 1250 g/mol. The van der Waals surface area contributed by atoms with Gasteiger partial charge in [0.05, 0.1) is 26.4 Å². The molecule has 5 atom stereocenters. The molecule has 0 bridgehead atoms. The third kappa shape index (κ3) is 70.3. The molecule has 0 heterocycles. The predicted molar refractivity (Wildman–Crippen MR) is 386 cm³/mol. The standard InChI is InChI=1S/C76H148O17P2/c1-6-9-12-15-18-21-24-26-27-28-29-30-31-33-35-42-47-52-57-62-76(81)93-72(66-87-74(79)60-55-50-45-40-37-36-38-43-48-53-58-69(4)5)68-91-95(84,85)89-64-70(77)63-88-94(82,83)90-67-71(65-86-73(78)59-54-49-44-39-23-20-17-14-11-8-3)92-75(80)61-56-51-46-41-34-32-25-22-19-16-13-10-7-2/h69-72,77H,6-68H2,1-5H3,(H,82,83)(H,84,85)/t70-,71+,72+/m0/s1. The van der Waals surface area contributed by atoms with Gasteiger partial charge in [0.2, 0.25) is 0 Å². The van der Waals surface area contributed by atoms with Crippen molar-refractivity contribution in [3.8, 4) is 0 Å². The predicted octanol–water partition coefficient (Wildman–Crippen LogP) is 22.5. The van der Waals surface area contributed by atoms with Crippen molar-refractivity contribution in [3.63, 3.8) is 0 Å². The first kappa shape index (κ1) is 93.1. The van der Waals surface area contributed by atoms with Crippen LogP contribution in [0.3, 0.4) is 0 Å². The first-order chi connectivity index (χ1) is 46.0. The minimum Gasteiger partial charge on any atom is -0.462 e. The lowest BCUT2D eigenvalue weighted by Gasteiger charge is -2.21. The number of hydrogen-bond acceptors (Lipinski definition) is 15. The Morgan fingerprint density at radius 1 is 0.284 bits per heavy atom. The van der Waals surface area contributed by atoms with Gasteiger partial charge in [-0.05, 0) is 31.6 Å². The number of carbonyl (C=O) groups is 4. The number of carbonyl (C=O) groups excluding carboxylic acids is 4. The van der Waals surface area contributed by atoms with E-state index in [0.717, 1.165) is 95.8 Å². The van der Waals surface area contributed by atoms with Gasteiger partial charge in [0.25, 0.3) is 0 Å². The van der Waals surface area contributed by atoms with Gasteiger partial charge in [-0.15, -0.1) is 0 Å². The second-order valence-corrected chi connectivity index (χ2v) is 30.8. The smallest absolute Gasteiger partial charge is 0.462 e. The molecule has 0 aliphatic rings. The Labute approximate surface area is 581 Å². The zero-order chi connectivity index (χ0) is 69.8. The van der Waals surface area contributed by atoms with Gasteiger partial charge in [0, 0.05) is 25.7 Å². The van der Waals surface area contributed by atoms with E-state index < -0.39 is 97.5 Å². The van der Waals surface area contributed by atoms with Crippen molar-refractivity contribution in [2.24, 2.45) is 5.92 Å². The summed E-state index contributed by atoms with van der Waals surface area (Å²) in [5.41, 5.74) is 0. The van der Waals surface area contributed by atoms with Gasteiger partial charge in [-0.25, -0.2) is 9.13 Å². The van der Waals surface area contributed by atoms with Gasteiger partial charge < -0.3 is 33.8 Å². The van der Waals surface area contributed by atoms with Gasteiger partial charge in [0.15, 0.2) is 12.2 Å². The number of esters is 4. The zero-order valence-corrected chi connectivity index (χ0v) is 63.6. The molecule has 0 rings (SSSR count). The normalized spacial score (nSPS) is 13.9. The summed E-state index contributed by atoms with van der Waals surface area (Å²) >= 11 is 0. The van der Waals surface area contributed by atoms with Crippen molar-refractivity contribution in [2.75, 3.05) is 39.6 Å². The van der Waals surface area contributed by atoms with E-state index >= 15 is 0 Å². The number of phosphoric acid groups is 2. The van der Waals surface area contributed by atoms with Crippen molar-refractivity contribution in [1.82, 2.24) is 0 Å². The summed E-state index contributed by atoms with van der Waals surface area (Å²) in [4.78, 5) is 72.8. The van der Waals surface area contributed by atoms with Crippen LogP contribution in [0.25, 0.3) is 0 Å². The minimum absolute atomic E-state index is 0.108. The number of aliphatic hydroxyl groups excluding tert-OH is 1. The average molecular weight is 1400 g/mol. The first-order valence-corrected chi connectivity index (χ1v) is 42.6. The van der Waals surface area contributed by atoms with Crippen molar-refractivity contribution < 1.29 is 80.2 Å². The van der Waals surface area contributed by atoms with E-state index in [1.54, 1.807) is 0 Å². The van der Waals surface area contributed by atoms with Gasteiger partial charge in [-0.2, -0.15) is 0 Å². The van der Waals surface area contributed by atoms with Gasteiger partial charge in [0.1, 0.15) is 19.3 Å². The molecule has 0 spiro atoms. The molecule has 0 fully saturated rings. The molecule has 0 aliphatic carbocycles. The van der Waals surface area contributed by atoms with Crippen LogP contribution >= 0.6 is 15.6 Å². The second kappa shape index (κ2) is 69.2. The number of hydrogen-bond donors (Lipinski definition) is 3. The van der Waals surface area contributed by atoms with Crippen LogP contribution in [0.4, 0.5) is 0 Å². The number of ether oxygens (including phenoxy) is 4. The first-order valence-electron chi connectivity index (χ1n) is 39.6. The molecule has 19 heteroatoms. The van der Waals surface area contributed by atoms with Crippen molar-refractivity contribution in [2.45, 2.75) is 419 Å². The molecule has 0 saturated heterocycles. The molecule has 95 heavy (non-hydrogen) atoms. The SMILES string of the molecule is CCCCCCCCCCCCCCCCCCCCCC(=O)O[C@H](COC(=O)CCCCCCCCCCCCC(C)C)COP(=O)(O)OC[C@@H](O)COP(=O)(O)OC[C@@H](COC(=O)CCCCCCCCCCCC)OC(=O)CCCCCCCCCCCCCCC. The van der Waals surface area contributed by atoms with E-state index in [0.29, 0.717) is 25.7 Å². The summed E-state index contributed by atoms with van der Waals surface area (Å²) in [6, 6.07) is 0. The number of unbranched alkanes of at least 4 members (excludes halogenated alkanes) is 48. The lowest BCUT2D eigenvalue weighted by molar-refractivity contribution is -0.161. The molecule has 0 aliphatic heterocycles. The van der Waals surface area contributed by atoms with Gasteiger partial charge in [-0.1, -0.05) is 349 Å². The Hall–Kier alpha value is -1.94. The van der Waals surface area contributed by atoms with Crippen LogP contribution in [0.2, 0.25) is 0 Å². The average Bonchev–Trinajstić information content (AvgIpc) is 3.69. The Morgan fingerprint density at radius 3 is 0.716 bits per heavy atom. The van der Waals surface area contributed by atoms with Crippen LogP contribution in [0, 0.1) is 5.92 Å². The molecule has 0 aromatic carbocycles. The van der Waals surface area contributed by atoms with Crippen molar-refractivity contribution in [1.29, 1.82) is 0 Å². The van der Waals surface area contributed by atoms with E-state index in [-0.39, 0.29) is 25.7 Å². The fourth-order valence-electron chi connectivity index (χ4n) is 11.7. The summed E-state index contributed by atoms with van der Waals surface area (Å²) in [7, 11) is -9.91. The Morgan fingerprint density at radius 2 is 0.484 bits per heavy atom. The van der Waals surface area contributed by atoms with Crippen LogP contribution < -0.4 is 0 Å². The largest absolute Gasteiger partial charge is 0.472 e. The van der Waals surface area contributed by atoms with Crippen LogP contribution in [-0.2, 0) is 65.4 Å². The molecule has 0 amide bonds.